The van der Waals surface area contributed by atoms with E-state index in [1.165, 1.54) is 0 Å². The van der Waals surface area contributed by atoms with Crippen LogP contribution in [0.5, 0.6) is 0 Å². The Bertz CT molecular complexity index is 1530. The highest BCUT2D eigenvalue weighted by Gasteiger charge is 2.39. The largest absolute Gasteiger partial charge is 0.391 e. The van der Waals surface area contributed by atoms with Crippen LogP contribution in [0.4, 0.5) is 10.5 Å². The van der Waals surface area contributed by atoms with Gasteiger partial charge in [0.25, 0.3) is 0 Å². The molecule has 3 N–H and O–H groups in total. The molecule has 40 heavy (non-hydrogen) atoms. The molecule has 2 atom stereocenters. The number of aliphatic hydroxyl groups is 1. The average Bonchev–Trinajstić information content (AvgIpc) is 2.91. The van der Waals surface area contributed by atoms with Crippen LogP contribution in [0.15, 0.2) is 73.1 Å². The predicted octanol–water partition coefficient (Wildman–Crippen LogP) is 6.72. The van der Waals surface area contributed by atoms with Crippen LogP contribution in [0.1, 0.15) is 69.6 Å². The van der Waals surface area contributed by atoms with Gasteiger partial charge >= 0.3 is 6.03 Å². The zero-order chi connectivity index (χ0) is 28.7. The SMILES string of the molecule is Cc1cc(NC(=O)N[C@@H]2c3ccccc3C(C)(C)C[C@H]2O)c(-c2ccccc2)nc1-c1cnc(C(C)(C)C)nc1. The maximum atomic E-state index is 13.4. The van der Waals surface area contributed by atoms with Gasteiger partial charge in [-0.15, -0.1) is 0 Å². The van der Waals surface area contributed by atoms with Crippen molar-refractivity contribution in [3.8, 4) is 22.5 Å². The Balaban J connectivity index is 1.48. The van der Waals surface area contributed by atoms with Crippen molar-refractivity contribution in [2.75, 3.05) is 5.32 Å². The topological polar surface area (TPSA) is 100 Å². The first-order valence-corrected chi connectivity index (χ1v) is 13.7. The van der Waals surface area contributed by atoms with E-state index in [1.807, 2.05) is 61.5 Å². The first-order valence-electron chi connectivity index (χ1n) is 13.7. The minimum Gasteiger partial charge on any atom is -0.391 e. The second-order valence-electron chi connectivity index (χ2n) is 12.3. The summed E-state index contributed by atoms with van der Waals surface area (Å²) in [6, 6.07) is 18.8. The third-order valence-electron chi connectivity index (χ3n) is 7.52. The monoisotopic (exact) mass is 535 g/mol. The standard InChI is InChI=1S/C33H37N5O2/c1-20-16-25(36-31(40)38-29-23-14-10-11-15-24(23)33(5,6)17-26(29)39)28(21-12-8-7-9-13-21)37-27(20)22-18-34-30(35-19-22)32(2,3)4/h7-16,18-19,26,29,39H,17H2,1-6H3,(H2,36,38,40)/t26-,29-/m1/s1. The fourth-order valence-corrected chi connectivity index (χ4v) is 5.47. The molecule has 0 saturated heterocycles. The van der Waals surface area contributed by atoms with E-state index >= 15 is 0 Å². The van der Waals surface area contributed by atoms with Crippen molar-refractivity contribution in [1.82, 2.24) is 20.3 Å². The lowest BCUT2D eigenvalue weighted by Gasteiger charge is -2.40. The number of anilines is 1. The van der Waals surface area contributed by atoms with Crippen LogP contribution in [-0.2, 0) is 10.8 Å². The van der Waals surface area contributed by atoms with Crippen LogP contribution in [0.2, 0.25) is 0 Å². The van der Waals surface area contributed by atoms with E-state index in [1.54, 1.807) is 12.4 Å². The molecule has 0 radical (unpaired) electrons. The Morgan fingerprint density at radius 3 is 2.27 bits per heavy atom. The number of nitrogens with one attached hydrogen (secondary N) is 2. The highest BCUT2D eigenvalue weighted by Crippen LogP contribution is 2.41. The van der Waals surface area contributed by atoms with Crippen LogP contribution < -0.4 is 10.6 Å². The number of pyridine rings is 1. The lowest BCUT2D eigenvalue weighted by molar-refractivity contribution is 0.0883. The van der Waals surface area contributed by atoms with E-state index in [9.17, 15) is 9.90 Å². The molecule has 7 heteroatoms. The van der Waals surface area contributed by atoms with Crippen molar-refractivity contribution in [3.63, 3.8) is 0 Å². The molecule has 2 aromatic carbocycles. The number of hydrogen-bond acceptors (Lipinski definition) is 5. The van der Waals surface area contributed by atoms with Crippen LogP contribution >= 0.6 is 0 Å². The number of aliphatic hydroxyl groups excluding tert-OH is 1. The number of carbonyl (C=O) groups excluding carboxylic acids is 1. The van der Waals surface area contributed by atoms with Gasteiger partial charge < -0.3 is 15.7 Å². The molecule has 206 valence electrons. The van der Waals surface area contributed by atoms with Crippen molar-refractivity contribution in [1.29, 1.82) is 0 Å². The summed E-state index contributed by atoms with van der Waals surface area (Å²) in [4.78, 5) is 27.6. The number of aryl methyl sites for hydroxylation is 1. The molecule has 0 saturated carbocycles. The third-order valence-corrected chi connectivity index (χ3v) is 7.52. The molecule has 2 heterocycles. The number of fused-ring (bicyclic) bond motifs is 1. The van der Waals surface area contributed by atoms with Gasteiger partial charge in [0.1, 0.15) is 5.82 Å². The summed E-state index contributed by atoms with van der Waals surface area (Å²) in [5.41, 5.74) is 6.27. The van der Waals surface area contributed by atoms with Gasteiger partial charge in [-0.3, -0.25) is 0 Å². The summed E-state index contributed by atoms with van der Waals surface area (Å²) >= 11 is 0. The first-order chi connectivity index (χ1) is 18.9. The molecular formula is C33H37N5O2. The number of amides is 2. The Morgan fingerprint density at radius 2 is 1.60 bits per heavy atom. The fraction of sp³-hybridized carbons (Fsp3) is 0.333. The van der Waals surface area contributed by atoms with E-state index in [2.05, 4.69) is 61.3 Å². The Labute approximate surface area is 236 Å². The highest BCUT2D eigenvalue weighted by atomic mass is 16.3. The summed E-state index contributed by atoms with van der Waals surface area (Å²) in [5, 5.41) is 17.1. The van der Waals surface area contributed by atoms with Crippen LogP contribution in [0.3, 0.4) is 0 Å². The van der Waals surface area contributed by atoms with Crippen LogP contribution in [0.25, 0.3) is 22.5 Å². The van der Waals surface area contributed by atoms with Crippen molar-refractivity contribution in [2.45, 2.75) is 70.9 Å². The lowest BCUT2D eigenvalue weighted by Crippen LogP contribution is -2.45. The van der Waals surface area contributed by atoms with Gasteiger partial charge in [0.2, 0.25) is 0 Å². The number of urea groups is 1. The average molecular weight is 536 g/mol. The summed E-state index contributed by atoms with van der Waals surface area (Å²) in [6.45, 7) is 12.4. The summed E-state index contributed by atoms with van der Waals surface area (Å²) in [6.07, 6.45) is 3.46. The number of nitrogens with zero attached hydrogens (tertiary/aromatic N) is 3. The van der Waals surface area contributed by atoms with Crippen LogP contribution in [0, 0.1) is 6.92 Å². The molecule has 1 aliphatic rings. The molecule has 0 bridgehead atoms. The van der Waals surface area contributed by atoms with Crippen LogP contribution in [-0.4, -0.2) is 32.2 Å². The molecule has 7 nitrogen and oxygen atoms in total. The molecule has 1 aliphatic carbocycles. The Kier molecular flexibility index (Phi) is 7.19. The molecule has 2 aromatic heterocycles. The maximum Gasteiger partial charge on any atom is 0.319 e. The minimum atomic E-state index is -0.706. The number of benzene rings is 2. The zero-order valence-corrected chi connectivity index (χ0v) is 24.0. The number of carbonyl (C=O) groups is 1. The molecule has 5 rings (SSSR count). The fourth-order valence-electron chi connectivity index (χ4n) is 5.47. The lowest BCUT2D eigenvalue weighted by atomic mass is 9.70. The quantitative estimate of drug-likeness (QED) is 0.269. The van der Waals surface area contributed by atoms with Crippen molar-refractivity contribution in [2.24, 2.45) is 0 Å². The second kappa shape index (κ2) is 10.5. The Morgan fingerprint density at radius 1 is 0.950 bits per heavy atom. The van der Waals surface area contributed by atoms with E-state index in [0.29, 0.717) is 17.8 Å². The smallest absolute Gasteiger partial charge is 0.319 e. The summed E-state index contributed by atoms with van der Waals surface area (Å²) in [5.74, 6) is 0.766. The second-order valence-corrected chi connectivity index (χ2v) is 12.3. The van der Waals surface area contributed by atoms with Crippen molar-refractivity contribution >= 4 is 11.7 Å². The van der Waals surface area contributed by atoms with E-state index in [-0.39, 0.29) is 10.8 Å². The zero-order valence-electron chi connectivity index (χ0n) is 24.0. The number of rotatable bonds is 4. The van der Waals surface area contributed by atoms with Gasteiger partial charge in [-0.05, 0) is 41.5 Å². The summed E-state index contributed by atoms with van der Waals surface area (Å²) < 4.78 is 0. The molecule has 0 fully saturated rings. The van der Waals surface area contributed by atoms with Gasteiger partial charge in [0, 0.05) is 28.9 Å². The Hall–Kier alpha value is -4.10. The number of hydrogen-bond donors (Lipinski definition) is 3. The predicted molar refractivity (Wildman–Crippen MR) is 159 cm³/mol. The molecule has 2 amide bonds. The molecule has 0 aliphatic heterocycles. The molecule has 0 spiro atoms. The number of aromatic nitrogens is 3. The maximum absolute atomic E-state index is 13.4. The molecule has 0 unspecified atom stereocenters. The van der Waals surface area contributed by atoms with Gasteiger partial charge in [-0.25, -0.2) is 19.7 Å². The van der Waals surface area contributed by atoms with E-state index in [4.69, 9.17) is 4.98 Å². The van der Waals surface area contributed by atoms with Gasteiger partial charge in [-0.1, -0.05) is 89.2 Å². The van der Waals surface area contributed by atoms with E-state index in [0.717, 1.165) is 39.3 Å². The van der Waals surface area contributed by atoms with Gasteiger partial charge in [0.05, 0.1) is 29.2 Å². The minimum absolute atomic E-state index is 0.153. The van der Waals surface area contributed by atoms with Crippen molar-refractivity contribution in [3.05, 3.63) is 95.6 Å². The first kappa shape index (κ1) is 27.5. The molecule has 4 aromatic rings. The van der Waals surface area contributed by atoms with Gasteiger partial charge in [-0.2, -0.15) is 0 Å². The van der Waals surface area contributed by atoms with Crippen molar-refractivity contribution < 1.29 is 9.90 Å². The third kappa shape index (κ3) is 5.47. The summed E-state index contributed by atoms with van der Waals surface area (Å²) in [7, 11) is 0. The van der Waals surface area contributed by atoms with Gasteiger partial charge in [0.15, 0.2) is 0 Å². The highest BCUT2D eigenvalue weighted by molar-refractivity contribution is 5.94. The normalized spacial score (nSPS) is 18.1. The molecular weight excluding hydrogens is 498 g/mol. The van der Waals surface area contributed by atoms with E-state index < -0.39 is 18.2 Å².